The van der Waals surface area contributed by atoms with Gasteiger partial charge in [-0.05, 0) is 18.2 Å². The number of nitrogens with zero attached hydrogens (tertiary/aromatic N) is 4. The Morgan fingerprint density at radius 3 is 2.19 bits per heavy atom. The fourth-order valence-corrected chi connectivity index (χ4v) is 2.62. The van der Waals surface area contributed by atoms with Gasteiger partial charge in [0.2, 0.25) is 11.6 Å². The molecule has 0 aliphatic heterocycles. The largest absolute Gasteiger partial charge is 0.493 e. The summed E-state index contributed by atoms with van der Waals surface area (Å²) in [4.78, 5) is 0. The Labute approximate surface area is 149 Å². The molecule has 0 radical (unpaired) electrons. The van der Waals surface area contributed by atoms with E-state index in [2.05, 4.69) is 15.3 Å². The van der Waals surface area contributed by atoms with Gasteiger partial charge in [-0.3, -0.25) is 0 Å². The maximum Gasteiger partial charge on any atom is 0.237 e. The summed E-state index contributed by atoms with van der Waals surface area (Å²) in [5.74, 6) is 2.57. The van der Waals surface area contributed by atoms with E-state index < -0.39 is 0 Å². The normalized spacial score (nSPS) is 10.7. The Morgan fingerprint density at radius 1 is 0.769 bits per heavy atom. The van der Waals surface area contributed by atoms with Crippen LogP contribution in [0.15, 0.2) is 60.7 Å². The van der Waals surface area contributed by atoms with Crippen LogP contribution in [-0.2, 0) is 0 Å². The summed E-state index contributed by atoms with van der Waals surface area (Å²) in [5.41, 5.74) is 1.54. The quantitative estimate of drug-likeness (QED) is 0.549. The molecule has 0 saturated carbocycles. The van der Waals surface area contributed by atoms with Crippen molar-refractivity contribution in [1.29, 1.82) is 0 Å². The third-order valence-corrected chi connectivity index (χ3v) is 3.86. The first-order valence-electron chi connectivity index (χ1n) is 7.97. The van der Waals surface area contributed by atoms with Crippen molar-refractivity contribution in [3.63, 3.8) is 0 Å². The molecule has 0 unspecified atom stereocenters. The Hall–Kier alpha value is -3.61. The molecular weight excluding hydrogens is 332 g/mol. The van der Waals surface area contributed by atoms with Crippen molar-refractivity contribution in [2.75, 3.05) is 14.2 Å². The summed E-state index contributed by atoms with van der Waals surface area (Å²) in [6.45, 7) is 0. The molecule has 0 fully saturated rings. The third kappa shape index (κ3) is 2.79. The Balaban J connectivity index is 1.77. The smallest absolute Gasteiger partial charge is 0.237 e. The van der Waals surface area contributed by atoms with Gasteiger partial charge in [-0.15, -0.1) is 15.3 Å². The van der Waals surface area contributed by atoms with E-state index in [1.165, 1.54) is 0 Å². The van der Waals surface area contributed by atoms with E-state index in [9.17, 15) is 0 Å². The zero-order chi connectivity index (χ0) is 17.9. The molecule has 0 amide bonds. The van der Waals surface area contributed by atoms with Gasteiger partial charge in [-0.25, -0.2) is 0 Å². The molecule has 7 heteroatoms. The number of methoxy groups -OCH3 is 2. The summed E-state index contributed by atoms with van der Waals surface area (Å²) in [7, 11) is 3.15. The summed E-state index contributed by atoms with van der Waals surface area (Å²) in [5, 5.41) is 12.9. The van der Waals surface area contributed by atoms with E-state index in [0.717, 1.165) is 5.56 Å². The lowest BCUT2D eigenvalue weighted by atomic mass is 10.2. The molecular formula is C19H16N4O3. The first-order valence-corrected chi connectivity index (χ1v) is 7.97. The summed E-state index contributed by atoms with van der Waals surface area (Å²) < 4.78 is 18.3. The first kappa shape index (κ1) is 15.9. The third-order valence-electron chi connectivity index (χ3n) is 3.86. The van der Waals surface area contributed by atoms with Crippen LogP contribution >= 0.6 is 0 Å². The SMILES string of the molecule is COc1cccc(OC)c1Oc1ccc2nnc(-c3ccccc3)n2n1. The molecule has 4 aromatic rings. The summed E-state index contributed by atoms with van der Waals surface area (Å²) in [6, 6.07) is 18.7. The number of para-hydroxylation sites is 1. The van der Waals surface area contributed by atoms with Crippen LogP contribution in [0.4, 0.5) is 0 Å². The molecule has 0 aliphatic carbocycles. The number of rotatable bonds is 5. The van der Waals surface area contributed by atoms with Crippen LogP contribution in [0.2, 0.25) is 0 Å². The van der Waals surface area contributed by atoms with E-state index in [1.54, 1.807) is 43.0 Å². The minimum absolute atomic E-state index is 0.372. The molecule has 26 heavy (non-hydrogen) atoms. The van der Waals surface area contributed by atoms with Crippen molar-refractivity contribution in [3.05, 3.63) is 60.7 Å². The predicted molar refractivity (Wildman–Crippen MR) is 95.8 cm³/mol. The summed E-state index contributed by atoms with van der Waals surface area (Å²) >= 11 is 0. The van der Waals surface area contributed by atoms with Crippen molar-refractivity contribution in [1.82, 2.24) is 19.8 Å². The molecule has 0 bridgehead atoms. The van der Waals surface area contributed by atoms with Gasteiger partial charge in [0.25, 0.3) is 0 Å². The minimum atomic E-state index is 0.372. The molecule has 0 N–H and O–H groups in total. The lowest BCUT2D eigenvalue weighted by molar-refractivity contribution is 0.340. The Kier molecular flexibility index (Phi) is 4.10. The van der Waals surface area contributed by atoms with Gasteiger partial charge in [-0.2, -0.15) is 4.52 Å². The Morgan fingerprint density at radius 2 is 1.50 bits per heavy atom. The molecule has 2 aromatic heterocycles. The van der Waals surface area contributed by atoms with Crippen LogP contribution in [-0.4, -0.2) is 34.0 Å². The van der Waals surface area contributed by atoms with Crippen molar-refractivity contribution in [2.45, 2.75) is 0 Å². The van der Waals surface area contributed by atoms with Crippen LogP contribution in [0, 0.1) is 0 Å². The van der Waals surface area contributed by atoms with Crippen molar-refractivity contribution in [2.24, 2.45) is 0 Å². The standard InChI is InChI=1S/C19H16N4O3/c1-24-14-9-6-10-15(25-2)18(14)26-17-12-11-16-20-21-19(23(16)22-17)13-7-4-3-5-8-13/h3-12H,1-2H3. The van der Waals surface area contributed by atoms with Gasteiger partial charge in [-0.1, -0.05) is 36.4 Å². The van der Waals surface area contributed by atoms with E-state index in [1.807, 2.05) is 36.4 Å². The van der Waals surface area contributed by atoms with Gasteiger partial charge in [0.15, 0.2) is 23.0 Å². The van der Waals surface area contributed by atoms with Crippen LogP contribution in [0.1, 0.15) is 0 Å². The number of hydrogen-bond donors (Lipinski definition) is 0. The fourth-order valence-electron chi connectivity index (χ4n) is 2.62. The highest BCUT2D eigenvalue weighted by Gasteiger charge is 2.15. The molecule has 4 rings (SSSR count). The maximum atomic E-state index is 5.95. The fraction of sp³-hybridized carbons (Fsp3) is 0.105. The average Bonchev–Trinajstić information content (AvgIpc) is 3.12. The predicted octanol–water partition coefficient (Wildman–Crippen LogP) is 3.60. The van der Waals surface area contributed by atoms with Gasteiger partial charge in [0, 0.05) is 11.6 Å². The molecule has 0 atom stereocenters. The lowest BCUT2D eigenvalue weighted by Gasteiger charge is -2.13. The van der Waals surface area contributed by atoms with Crippen molar-refractivity contribution < 1.29 is 14.2 Å². The van der Waals surface area contributed by atoms with E-state index in [-0.39, 0.29) is 0 Å². The highest BCUT2D eigenvalue weighted by atomic mass is 16.5. The molecule has 2 aromatic carbocycles. The van der Waals surface area contributed by atoms with E-state index in [4.69, 9.17) is 14.2 Å². The molecule has 0 aliphatic rings. The average molecular weight is 348 g/mol. The second kappa shape index (κ2) is 6.72. The minimum Gasteiger partial charge on any atom is -0.493 e. The monoisotopic (exact) mass is 348 g/mol. The van der Waals surface area contributed by atoms with Crippen LogP contribution in [0.3, 0.4) is 0 Å². The van der Waals surface area contributed by atoms with Gasteiger partial charge in [0.1, 0.15) is 0 Å². The van der Waals surface area contributed by atoms with Crippen LogP contribution in [0.5, 0.6) is 23.1 Å². The second-order valence-corrected chi connectivity index (χ2v) is 5.42. The van der Waals surface area contributed by atoms with Crippen molar-refractivity contribution >= 4 is 5.65 Å². The zero-order valence-corrected chi connectivity index (χ0v) is 14.3. The van der Waals surface area contributed by atoms with Crippen LogP contribution in [0.25, 0.3) is 17.0 Å². The molecule has 7 nitrogen and oxygen atoms in total. The number of benzene rings is 2. The highest BCUT2D eigenvalue weighted by Crippen LogP contribution is 2.39. The number of aromatic nitrogens is 4. The highest BCUT2D eigenvalue weighted by molar-refractivity contribution is 5.59. The van der Waals surface area contributed by atoms with Crippen molar-refractivity contribution in [3.8, 4) is 34.5 Å². The topological polar surface area (TPSA) is 70.8 Å². The second-order valence-electron chi connectivity index (χ2n) is 5.42. The van der Waals surface area contributed by atoms with Gasteiger partial charge in [0.05, 0.1) is 14.2 Å². The number of fused-ring (bicyclic) bond motifs is 1. The Bertz CT molecular complexity index is 1030. The zero-order valence-electron chi connectivity index (χ0n) is 14.3. The maximum absolute atomic E-state index is 5.95. The van der Waals surface area contributed by atoms with Gasteiger partial charge >= 0.3 is 0 Å². The molecule has 0 spiro atoms. The van der Waals surface area contributed by atoms with Gasteiger partial charge < -0.3 is 14.2 Å². The van der Waals surface area contributed by atoms with Crippen LogP contribution < -0.4 is 14.2 Å². The molecule has 130 valence electrons. The molecule has 2 heterocycles. The summed E-state index contributed by atoms with van der Waals surface area (Å²) in [6.07, 6.45) is 0. The molecule has 0 saturated heterocycles. The first-order chi connectivity index (χ1) is 12.8. The van der Waals surface area contributed by atoms with E-state index >= 15 is 0 Å². The van der Waals surface area contributed by atoms with E-state index in [0.29, 0.717) is 34.6 Å². The number of hydrogen-bond acceptors (Lipinski definition) is 6. The number of ether oxygens (including phenoxy) is 3. The lowest BCUT2D eigenvalue weighted by Crippen LogP contribution is -2.00.